The summed E-state index contributed by atoms with van der Waals surface area (Å²) in [6.45, 7) is 6.96. The summed E-state index contributed by atoms with van der Waals surface area (Å²) >= 11 is 0. The van der Waals surface area contributed by atoms with Gasteiger partial charge in [-0.05, 0) is 38.8 Å². The molecule has 2 aliphatic rings. The number of carbonyl (C=O) groups is 1. The number of likely N-dealkylation sites (tertiary alicyclic amines) is 2. The average Bonchev–Trinajstić information content (AvgIpc) is 2.96. The SMILES string of the molecule is O=C(CNCCN1CCCC1)N1CCCC1. The van der Waals surface area contributed by atoms with Crippen molar-refractivity contribution < 1.29 is 4.79 Å². The van der Waals surface area contributed by atoms with Crippen molar-refractivity contribution in [1.29, 1.82) is 0 Å². The Balaban J connectivity index is 1.51. The summed E-state index contributed by atoms with van der Waals surface area (Å²) in [5.74, 6) is 0.277. The Kier molecular flexibility index (Phi) is 4.60. The molecule has 4 heteroatoms. The number of rotatable bonds is 5. The number of carbonyl (C=O) groups excluding carboxylic acids is 1. The second-order valence-electron chi connectivity index (χ2n) is 4.81. The van der Waals surface area contributed by atoms with Crippen LogP contribution in [0.1, 0.15) is 25.7 Å². The smallest absolute Gasteiger partial charge is 0.236 e. The summed E-state index contributed by atoms with van der Waals surface area (Å²) in [6, 6.07) is 0. The Labute approximate surface area is 98.0 Å². The van der Waals surface area contributed by atoms with E-state index in [4.69, 9.17) is 0 Å². The summed E-state index contributed by atoms with van der Waals surface area (Å²) in [5.41, 5.74) is 0. The van der Waals surface area contributed by atoms with Crippen LogP contribution in [0.5, 0.6) is 0 Å². The highest BCUT2D eigenvalue weighted by Gasteiger charge is 2.17. The van der Waals surface area contributed by atoms with Crippen LogP contribution >= 0.6 is 0 Å². The molecule has 0 aromatic heterocycles. The molecule has 4 nitrogen and oxygen atoms in total. The van der Waals surface area contributed by atoms with Gasteiger partial charge < -0.3 is 15.1 Å². The standard InChI is InChI=1S/C12H23N3O/c16-12(15-8-3-4-9-15)11-13-5-10-14-6-1-2-7-14/h13H,1-11H2. The first kappa shape index (κ1) is 11.9. The van der Waals surface area contributed by atoms with Gasteiger partial charge in [0.05, 0.1) is 6.54 Å². The summed E-state index contributed by atoms with van der Waals surface area (Å²) < 4.78 is 0. The van der Waals surface area contributed by atoms with E-state index in [0.717, 1.165) is 26.2 Å². The van der Waals surface area contributed by atoms with E-state index < -0.39 is 0 Å². The molecule has 92 valence electrons. The van der Waals surface area contributed by atoms with E-state index >= 15 is 0 Å². The Morgan fingerprint density at radius 2 is 1.62 bits per heavy atom. The minimum absolute atomic E-state index is 0.277. The molecule has 2 heterocycles. The maximum Gasteiger partial charge on any atom is 0.236 e. The van der Waals surface area contributed by atoms with Gasteiger partial charge in [-0.2, -0.15) is 0 Å². The van der Waals surface area contributed by atoms with Crippen LogP contribution in [0.2, 0.25) is 0 Å². The molecule has 2 fully saturated rings. The van der Waals surface area contributed by atoms with E-state index in [1.165, 1.54) is 38.8 Å². The van der Waals surface area contributed by atoms with Crippen molar-refractivity contribution >= 4 is 5.91 Å². The van der Waals surface area contributed by atoms with Gasteiger partial charge in [0.15, 0.2) is 0 Å². The third-order valence-corrected chi connectivity index (χ3v) is 3.54. The molecule has 0 spiro atoms. The minimum atomic E-state index is 0.277. The van der Waals surface area contributed by atoms with E-state index in [9.17, 15) is 4.79 Å². The zero-order valence-corrected chi connectivity index (χ0v) is 10.1. The second kappa shape index (κ2) is 6.21. The predicted molar refractivity (Wildman–Crippen MR) is 64.4 cm³/mol. The van der Waals surface area contributed by atoms with Crippen LogP contribution in [0, 0.1) is 0 Å². The molecular formula is C12H23N3O. The average molecular weight is 225 g/mol. The highest BCUT2D eigenvalue weighted by Crippen LogP contribution is 2.07. The zero-order chi connectivity index (χ0) is 11.2. The van der Waals surface area contributed by atoms with Gasteiger partial charge in [-0.3, -0.25) is 4.79 Å². The first-order valence-corrected chi connectivity index (χ1v) is 6.57. The quantitative estimate of drug-likeness (QED) is 0.683. The van der Waals surface area contributed by atoms with Crippen LogP contribution < -0.4 is 5.32 Å². The number of amides is 1. The van der Waals surface area contributed by atoms with Crippen LogP contribution in [0.3, 0.4) is 0 Å². The molecule has 0 radical (unpaired) electrons. The van der Waals surface area contributed by atoms with Crippen molar-refractivity contribution in [1.82, 2.24) is 15.1 Å². The fraction of sp³-hybridized carbons (Fsp3) is 0.917. The second-order valence-corrected chi connectivity index (χ2v) is 4.81. The lowest BCUT2D eigenvalue weighted by Gasteiger charge is -2.17. The molecule has 2 saturated heterocycles. The van der Waals surface area contributed by atoms with Crippen LogP contribution in [-0.4, -0.2) is 61.5 Å². The van der Waals surface area contributed by atoms with Gasteiger partial charge in [0.25, 0.3) is 0 Å². The monoisotopic (exact) mass is 225 g/mol. The first-order valence-electron chi connectivity index (χ1n) is 6.57. The zero-order valence-electron chi connectivity index (χ0n) is 10.1. The Hall–Kier alpha value is -0.610. The summed E-state index contributed by atoms with van der Waals surface area (Å²) in [4.78, 5) is 16.1. The molecule has 1 amide bonds. The molecule has 0 aromatic rings. The molecule has 1 N–H and O–H groups in total. The molecule has 0 unspecified atom stereocenters. The molecule has 0 aliphatic carbocycles. The van der Waals surface area contributed by atoms with Gasteiger partial charge in [0, 0.05) is 26.2 Å². The molecule has 16 heavy (non-hydrogen) atoms. The molecule has 0 aromatic carbocycles. The van der Waals surface area contributed by atoms with Crippen LogP contribution in [0.15, 0.2) is 0 Å². The lowest BCUT2D eigenvalue weighted by molar-refractivity contribution is -0.129. The van der Waals surface area contributed by atoms with Crippen LogP contribution in [0.4, 0.5) is 0 Å². The lowest BCUT2D eigenvalue weighted by atomic mass is 10.4. The van der Waals surface area contributed by atoms with Crippen molar-refractivity contribution in [3.05, 3.63) is 0 Å². The molecule has 0 bridgehead atoms. The molecule has 0 atom stereocenters. The maximum atomic E-state index is 11.7. The minimum Gasteiger partial charge on any atom is -0.342 e. The topological polar surface area (TPSA) is 35.6 Å². The van der Waals surface area contributed by atoms with Gasteiger partial charge in [-0.1, -0.05) is 0 Å². The fourth-order valence-corrected chi connectivity index (χ4v) is 2.52. The third kappa shape index (κ3) is 3.46. The number of nitrogens with one attached hydrogen (secondary N) is 1. The molecule has 0 saturated carbocycles. The van der Waals surface area contributed by atoms with Gasteiger partial charge in [0.2, 0.25) is 5.91 Å². The van der Waals surface area contributed by atoms with E-state index in [1.807, 2.05) is 4.90 Å². The third-order valence-electron chi connectivity index (χ3n) is 3.54. The largest absolute Gasteiger partial charge is 0.342 e. The van der Waals surface area contributed by atoms with Gasteiger partial charge in [-0.15, -0.1) is 0 Å². The maximum absolute atomic E-state index is 11.7. The predicted octanol–water partition coefficient (Wildman–Crippen LogP) is 0.294. The van der Waals surface area contributed by atoms with Crippen molar-refractivity contribution in [3.63, 3.8) is 0 Å². The summed E-state index contributed by atoms with van der Waals surface area (Å²) in [5, 5.41) is 3.26. The highest BCUT2D eigenvalue weighted by molar-refractivity contribution is 5.78. The molecule has 2 rings (SSSR count). The van der Waals surface area contributed by atoms with E-state index in [0.29, 0.717) is 6.54 Å². The Morgan fingerprint density at radius 1 is 1.00 bits per heavy atom. The van der Waals surface area contributed by atoms with Crippen molar-refractivity contribution in [2.75, 3.05) is 45.8 Å². The van der Waals surface area contributed by atoms with Gasteiger partial charge in [-0.25, -0.2) is 0 Å². The fourth-order valence-electron chi connectivity index (χ4n) is 2.52. The number of nitrogens with zero attached hydrogens (tertiary/aromatic N) is 2. The van der Waals surface area contributed by atoms with Crippen LogP contribution in [0.25, 0.3) is 0 Å². The lowest BCUT2D eigenvalue weighted by Crippen LogP contribution is -2.39. The summed E-state index contributed by atoms with van der Waals surface area (Å²) in [6.07, 6.45) is 5.04. The van der Waals surface area contributed by atoms with Crippen molar-refractivity contribution in [2.45, 2.75) is 25.7 Å². The van der Waals surface area contributed by atoms with Gasteiger partial charge >= 0.3 is 0 Å². The number of hydrogen-bond donors (Lipinski definition) is 1. The summed E-state index contributed by atoms with van der Waals surface area (Å²) in [7, 11) is 0. The first-order chi connectivity index (χ1) is 7.86. The van der Waals surface area contributed by atoms with E-state index in [-0.39, 0.29) is 5.91 Å². The van der Waals surface area contributed by atoms with Gasteiger partial charge in [0.1, 0.15) is 0 Å². The Bertz CT molecular complexity index is 220. The molecular weight excluding hydrogens is 202 g/mol. The highest BCUT2D eigenvalue weighted by atomic mass is 16.2. The van der Waals surface area contributed by atoms with E-state index in [1.54, 1.807) is 0 Å². The number of hydrogen-bond acceptors (Lipinski definition) is 3. The van der Waals surface area contributed by atoms with Crippen LogP contribution in [-0.2, 0) is 4.79 Å². The van der Waals surface area contributed by atoms with Crippen molar-refractivity contribution in [3.8, 4) is 0 Å². The normalized spacial score (nSPS) is 21.9. The molecule has 2 aliphatic heterocycles. The Morgan fingerprint density at radius 3 is 2.31 bits per heavy atom. The van der Waals surface area contributed by atoms with Crippen molar-refractivity contribution in [2.24, 2.45) is 0 Å². The van der Waals surface area contributed by atoms with E-state index in [2.05, 4.69) is 10.2 Å².